The van der Waals surface area contributed by atoms with Crippen LogP contribution in [-0.2, 0) is 0 Å². The van der Waals surface area contributed by atoms with Crippen LogP contribution in [0.15, 0.2) is 0 Å². The normalized spacial score (nSPS) is 18.0. The summed E-state index contributed by atoms with van der Waals surface area (Å²) < 4.78 is 0. The first-order valence-electron chi connectivity index (χ1n) is 14.4. The molecule has 0 saturated heterocycles. The molecule has 29 heavy (non-hydrogen) atoms. The van der Waals surface area contributed by atoms with Gasteiger partial charge in [-0.25, -0.2) is 0 Å². The summed E-state index contributed by atoms with van der Waals surface area (Å²) in [5.74, 6) is 2.11. The third-order valence-corrected chi connectivity index (χ3v) is 7.65. The molecule has 0 radical (unpaired) electrons. The molecule has 0 aromatic rings. The van der Waals surface area contributed by atoms with Gasteiger partial charge in [0.1, 0.15) is 0 Å². The highest BCUT2D eigenvalue weighted by molar-refractivity contribution is 4.72. The van der Waals surface area contributed by atoms with E-state index in [9.17, 15) is 0 Å². The molecule has 0 aromatic carbocycles. The van der Waals surface area contributed by atoms with E-state index in [2.05, 4.69) is 13.8 Å². The first kappa shape index (κ1) is 27.0. The predicted octanol–water partition coefficient (Wildman–Crippen LogP) is 11.0. The van der Waals surface area contributed by atoms with E-state index in [1.165, 1.54) is 148 Å². The predicted molar refractivity (Wildman–Crippen MR) is 134 cm³/mol. The van der Waals surface area contributed by atoms with Crippen molar-refractivity contribution in [3.05, 3.63) is 0 Å². The molecule has 0 bridgehead atoms. The fourth-order valence-electron chi connectivity index (χ4n) is 5.72. The van der Waals surface area contributed by atoms with E-state index in [-0.39, 0.29) is 0 Å². The second kappa shape index (κ2) is 21.2. The Hall–Kier alpha value is 0. The fourth-order valence-corrected chi connectivity index (χ4v) is 5.72. The minimum absolute atomic E-state index is 1.05. The summed E-state index contributed by atoms with van der Waals surface area (Å²) in [7, 11) is 0. The van der Waals surface area contributed by atoms with Crippen LogP contribution in [0, 0.1) is 11.8 Å². The lowest BCUT2D eigenvalue weighted by Gasteiger charge is -2.28. The van der Waals surface area contributed by atoms with Gasteiger partial charge in [-0.05, 0) is 11.8 Å². The third kappa shape index (κ3) is 16.4. The van der Waals surface area contributed by atoms with Crippen molar-refractivity contribution >= 4 is 0 Å². The molecular formula is C29H58. The summed E-state index contributed by atoms with van der Waals surface area (Å²) in [6.45, 7) is 4.72. The Kier molecular flexibility index (Phi) is 19.8. The maximum Gasteiger partial charge on any atom is -0.0386 e. The summed E-state index contributed by atoms with van der Waals surface area (Å²) in [4.78, 5) is 0. The molecule has 0 amide bonds. The highest BCUT2D eigenvalue weighted by Gasteiger charge is 2.20. The van der Waals surface area contributed by atoms with E-state index >= 15 is 0 Å². The number of rotatable bonds is 17. The summed E-state index contributed by atoms with van der Waals surface area (Å²) >= 11 is 0. The zero-order valence-electron chi connectivity index (χ0n) is 20.8. The maximum absolute atomic E-state index is 2.41. The van der Waals surface area contributed by atoms with Gasteiger partial charge in [-0.2, -0.15) is 0 Å². The average molecular weight is 407 g/mol. The van der Waals surface area contributed by atoms with Crippen LogP contribution >= 0.6 is 0 Å². The van der Waals surface area contributed by atoms with Crippen molar-refractivity contribution in [2.45, 2.75) is 174 Å². The van der Waals surface area contributed by atoms with Crippen LogP contribution in [0.25, 0.3) is 0 Å². The lowest BCUT2D eigenvalue weighted by atomic mass is 9.78. The first-order chi connectivity index (χ1) is 14.4. The van der Waals surface area contributed by atoms with E-state index < -0.39 is 0 Å². The number of unbranched alkanes of at least 4 members (excludes halogenated alkanes) is 12. The lowest BCUT2D eigenvalue weighted by molar-refractivity contribution is 0.237. The minimum atomic E-state index is 1.05. The Morgan fingerprint density at radius 2 is 0.862 bits per heavy atom. The minimum Gasteiger partial charge on any atom is -0.0654 e. The van der Waals surface area contributed by atoms with Gasteiger partial charge in [-0.1, -0.05) is 174 Å². The standard InChI is InChI=1S/C29H58/c1-3-5-6-7-8-9-10-11-12-13-15-18-21-25-28(24-4-2)29-26-22-19-16-14-17-20-23-27-29/h28-29H,3-27H2,1-2H3. The molecule has 1 saturated carbocycles. The Morgan fingerprint density at radius 3 is 1.31 bits per heavy atom. The summed E-state index contributed by atoms with van der Waals surface area (Å²) in [5, 5.41) is 0. The van der Waals surface area contributed by atoms with Gasteiger partial charge in [0.25, 0.3) is 0 Å². The Morgan fingerprint density at radius 1 is 0.448 bits per heavy atom. The number of hydrogen-bond acceptors (Lipinski definition) is 0. The quantitative estimate of drug-likeness (QED) is 0.211. The highest BCUT2D eigenvalue weighted by Crippen LogP contribution is 2.33. The van der Waals surface area contributed by atoms with E-state index in [4.69, 9.17) is 0 Å². The molecule has 0 aromatic heterocycles. The smallest absolute Gasteiger partial charge is 0.0386 e. The Bertz CT molecular complexity index is 297. The molecule has 174 valence electrons. The SMILES string of the molecule is CCCCCCCCCCCCCCCC(CCC)C1CCCCCCCCC1. The van der Waals surface area contributed by atoms with Gasteiger partial charge >= 0.3 is 0 Å². The van der Waals surface area contributed by atoms with Crippen molar-refractivity contribution in [1.82, 2.24) is 0 Å². The van der Waals surface area contributed by atoms with Gasteiger partial charge in [0.15, 0.2) is 0 Å². The van der Waals surface area contributed by atoms with Gasteiger partial charge in [-0.15, -0.1) is 0 Å². The van der Waals surface area contributed by atoms with Gasteiger partial charge in [0.2, 0.25) is 0 Å². The van der Waals surface area contributed by atoms with Crippen LogP contribution < -0.4 is 0 Å². The van der Waals surface area contributed by atoms with Crippen LogP contribution in [0.2, 0.25) is 0 Å². The molecule has 0 N–H and O–H groups in total. The van der Waals surface area contributed by atoms with Gasteiger partial charge in [0.05, 0.1) is 0 Å². The molecule has 1 unspecified atom stereocenters. The molecule has 1 rings (SSSR count). The monoisotopic (exact) mass is 406 g/mol. The van der Waals surface area contributed by atoms with E-state index in [1.807, 2.05) is 0 Å². The largest absolute Gasteiger partial charge is 0.0654 e. The van der Waals surface area contributed by atoms with Crippen molar-refractivity contribution in [2.24, 2.45) is 11.8 Å². The zero-order chi connectivity index (χ0) is 20.8. The van der Waals surface area contributed by atoms with Gasteiger partial charge in [0, 0.05) is 0 Å². The first-order valence-corrected chi connectivity index (χ1v) is 14.4. The molecule has 0 spiro atoms. The molecule has 0 nitrogen and oxygen atoms in total. The second-order valence-corrected chi connectivity index (χ2v) is 10.4. The third-order valence-electron chi connectivity index (χ3n) is 7.65. The van der Waals surface area contributed by atoms with Crippen molar-refractivity contribution < 1.29 is 0 Å². The molecule has 0 heteroatoms. The maximum atomic E-state index is 2.41. The van der Waals surface area contributed by atoms with Gasteiger partial charge < -0.3 is 0 Å². The molecule has 1 aliphatic carbocycles. The van der Waals surface area contributed by atoms with Crippen molar-refractivity contribution in [2.75, 3.05) is 0 Å². The van der Waals surface area contributed by atoms with Crippen LogP contribution in [0.1, 0.15) is 174 Å². The molecule has 0 heterocycles. The van der Waals surface area contributed by atoms with Crippen LogP contribution in [0.4, 0.5) is 0 Å². The average Bonchev–Trinajstić information content (AvgIpc) is 2.74. The van der Waals surface area contributed by atoms with Crippen LogP contribution in [0.5, 0.6) is 0 Å². The van der Waals surface area contributed by atoms with E-state index in [0.717, 1.165) is 11.8 Å². The van der Waals surface area contributed by atoms with Crippen LogP contribution in [-0.4, -0.2) is 0 Å². The molecule has 1 atom stereocenters. The van der Waals surface area contributed by atoms with E-state index in [0.29, 0.717) is 0 Å². The van der Waals surface area contributed by atoms with Crippen LogP contribution in [0.3, 0.4) is 0 Å². The number of hydrogen-bond donors (Lipinski definition) is 0. The Balaban J connectivity index is 2.04. The molecule has 1 fully saturated rings. The molecule has 0 aliphatic heterocycles. The summed E-state index contributed by atoms with van der Waals surface area (Å²) in [6.07, 6.45) is 37.3. The Labute approximate surface area is 186 Å². The lowest BCUT2D eigenvalue weighted by Crippen LogP contribution is -2.16. The zero-order valence-corrected chi connectivity index (χ0v) is 20.8. The highest BCUT2D eigenvalue weighted by atomic mass is 14.3. The molecular weight excluding hydrogens is 348 g/mol. The second-order valence-electron chi connectivity index (χ2n) is 10.4. The van der Waals surface area contributed by atoms with E-state index in [1.54, 1.807) is 12.8 Å². The van der Waals surface area contributed by atoms with Crippen molar-refractivity contribution in [3.63, 3.8) is 0 Å². The van der Waals surface area contributed by atoms with Gasteiger partial charge in [-0.3, -0.25) is 0 Å². The van der Waals surface area contributed by atoms with Crippen molar-refractivity contribution in [3.8, 4) is 0 Å². The van der Waals surface area contributed by atoms with Crippen molar-refractivity contribution in [1.29, 1.82) is 0 Å². The topological polar surface area (TPSA) is 0 Å². The summed E-state index contributed by atoms with van der Waals surface area (Å²) in [5.41, 5.74) is 0. The fraction of sp³-hybridized carbons (Fsp3) is 1.00. The summed E-state index contributed by atoms with van der Waals surface area (Å²) in [6, 6.07) is 0. The molecule has 1 aliphatic rings.